The third kappa shape index (κ3) is 4.24. The molecule has 7 nitrogen and oxygen atoms in total. The topological polar surface area (TPSA) is 104 Å². The lowest BCUT2D eigenvalue weighted by Gasteiger charge is -2.51. The molecule has 11 heteroatoms. The molecule has 3 aromatic rings. The highest BCUT2D eigenvalue weighted by Gasteiger charge is 2.74. The van der Waals surface area contributed by atoms with E-state index in [0.717, 1.165) is 12.1 Å². The lowest BCUT2D eigenvalue weighted by Crippen LogP contribution is -2.77. The molecule has 1 aromatic heterocycles. The second-order valence-electron chi connectivity index (χ2n) is 7.84. The highest BCUT2D eigenvalue weighted by Crippen LogP contribution is 2.52. The van der Waals surface area contributed by atoms with Crippen LogP contribution >= 0.6 is 11.6 Å². The number of benzene rings is 2. The van der Waals surface area contributed by atoms with Crippen molar-refractivity contribution in [1.29, 1.82) is 0 Å². The number of carbonyl (C=O) groups excluding carboxylic acids is 1. The van der Waals surface area contributed by atoms with E-state index in [0.29, 0.717) is 10.6 Å². The first kappa shape index (κ1) is 24.6. The number of hydrogen-bond acceptors (Lipinski definition) is 5. The van der Waals surface area contributed by atoms with Crippen LogP contribution in [0.3, 0.4) is 0 Å². The maximum Gasteiger partial charge on any atom is 0.424 e. The number of furan rings is 1. The van der Waals surface area contributed by atoms with E-state index in [-0.39, 0.29) is 18.1 Å². The Bertz CT molecular complexity index is 1230. The summed E-state index contributed by atoms with van der Waals surface area (Å²) in [5.74, 6) is 0.0264. The smallest absolute Gasteiger partial charge is 0.424 e. The van der Waals surface area contributed by atoms with Crippen LogP contribution in [-0.2, 0) is 5.72 Å². The summed E-state index contributed by atoms with van der Waals surface area (Å²) in [6.45, 7) is 3.65. The van der Waals surface area contributed by atoms with Gasteiger partial charge in [0.15, 0.2) is 0 Å². The highest BCUT2D eigenvalue weighted by atomic mass is 35.5. The van der Waals surface area contributed by atoms with Gasteiger partial charge in [0.25, 0.3) is 0 Å². The molecular formula is C24H20ClF3N2O5. The zero-order valence-corrected chi connectivity index (χ0v) is 18.7. The van der Waals surface area contributed by atoms with E-state index in [1.165, 1.54) is 30.3 Å². The van der Waals surface area contributed by atoms with Crippen molar-refractivity contribution in [3.63, 3.8) is 0 Å². The predicted molar refractivity (Wildman–Crippen MR) is 121 cm³/mol. The molecular weight excluding hydrogens is 489 g/mol. The second-order valence-corrected chi connectivity index (χ2v) is 8.28. The summed E-state index contributed by atoms with van der Waals surface area (Å²) < 4.78 is 54.4. The number of ether oxygens (including phenoxy) is 1. The summed E-state index contributed by atoms with van der Waals surface area (Å²) >= 11 is 5.87. The van der Waals surface area contributed by atoms with Crippen molar-refractivity contribution in [3.05, 3.63) is 89.7 Å². The number of alkyl halides is 3. The largest absolute Gasteiger partial charge is 0.490 e. The molecule has 1 aliphatic heterocycles. The van der Waals surface area contributed by atoms with Gasteiger partial charge in [-0.15, -0.1) is 0 Å². The standard InChI is InChI=1S/C24H20ClF3N2O5/c1-2-13-34-17-9-5-15(6-10-17)23(33)22(32,24(26,27)28)20(29-21(31)30-23)19-12-11-18(35-19)14-3-7-16(25)8-4-14/h2-12,20,32-33H,1,13H2,(H2,29,30,31)/t20-,22+,23+/m0/s1. The number of nitrogens with one attached hydrogen (secondary N) is 2. The van der Waals surface area contributed by atoms with Gasteiger partial charge in [0.05, 0.1) is 0 Å². The molecule has 0 saturated carbocycles. The van der Waals surface area contributed by atoms with Gasteiger partial charge >= 0.3 is 12.2 Å². The zero-order chi connectivity index (χ0) is 25.4. The Morgan fingerprint density at radius 2 is 1.74 bits per heavy atom. The summed E-state index contributed by atoms with van der Waals surface area (Å²) in [6, 6.07) is 10.3. The van der Waals surface area contributed by atoms with E-state index in [9.17, 15) is 28.2 Å². The molecule has 0 spiro atoms. The molecule has 184 valence electrons. The molecule has 3 atom stereocenters. The third-order valence-electron chi connectivity index (χ3n) is 5.65. The van der Waals surface area contributed by atoms with Crippen LogP contribution in [0.4, 0.5) is 18.0 Å². The first-order valence-electron chi connectivity index (χ1n) is 10.3. The summed E-state index contributed by atoms with van der Waals surface area (Å²) in [4.78, 5) is 12.4. The Morgan fingerprint density at radius 1 is 1.09 bits per heavy atom. The molecule has 2 heterocycles. The zero-order valence-electron chi connectivity index (χ0n) is 18.0. The van der Waals surface area contributed by atoms with E-state index in [4.69, 9.17) is 20.8 Å². The second kappa shape index (κ2) is 8.95. The van der Waals surface area contributed by atoms with Crippen molar-refractivity contribution in [2.45, 2.75) is 23.5 Å². The summed E-state index contributed by atoms with van der Waals surface area (Å²) in [6.07, 6.45) is -3.96. The normalized spacial score (nSPS) is 24.4. The Kier molecular flexibility index (Phi) is 6.31. The van der Waals surface area contributed by atoms with E-state index >= 15 is 0 Å². The van der Waals surface area contributed by atoms with Crippen molar-refractivity contribution >= 4 is 17.6 Å². The first-order chi connectivity index (χ1) is 16.5. The SMILES string of the molecule is C=CCOc1ccc([C@]2(O)NC(=O)N[C@@H](c3ccc(-c4ccc(Cl)cc4)o3)[C@]2(O)C(F)(F)F)cc1. The number of carbonyl (C=O) groups is 1. The summed E-state index contributed by atoms with van der Waals surface area (Å²) in [7, 11) is 0. The van der Waals surface area contributed by atoms with Gasteiger partial charge in [0.1, 0.15) is 29.9 Å². The minimum absolute atomic E-state index is 0.146. The maximum atomic E-state index is 14.5. The Labute approximate surface area is 202 Å². The van der Waals surface area contributed by atoms with Gasteiger partial charge in [-0.2, -0.15) is 13.2 Å². The predicted octanol–water partition coefficient (Wildman–Crippen LogP) is 4.66. The molecule has 0 aliphatic carbocycles. The minimum Gasteiger partial charge on any atom is -0.490 e. The molecule has 35 heavy (non-hydrogen) atoms. The Hall–Kier alpha value is -3.47. The molecule has 2 amide bonds. The number of aliphatic hydroxyl groups is 2. The minimum atomic E-state index is -5.43. The molecule has 4 rings (SSSR count). The van der Waals surface area contributed by atoms with Crippen molar-refractivity contribution < 1.29 is 37.3 Å². The van der Waals surface area contributed by atoms with Crippen LogP contribution in [0.1, 0.15) is 17.4 Å². The number of urea groups is 1. The van der Waals surface area contributed by atoms with Gasteiger partial charge in [-0.3, -0.25) is 0 Å². The van der Waals surface area contributed by atoms with Gasteiger partial charge in [0, 0.05) is 16.1 Å². The van der Waals surface area contributed by atoms with Crippen LogP contribution < -0.4 is 15.4 Å². The van der Waals surface area contributed by atoms with Gasteiger partial charge < -0.3 is 30.0 Å². The van der Waals surface area contributed by atoms with E-state index in [1.54, 1.807) is 24.3 Å². The van der Waals surface area contributed by atoms with Crippen LogP contribution in [0.25, 0.3) is 11.3 Å². The highest BCUT2D eigenvalue weighted by molar-refractivity contribution is 6.30. The fourth-order valence-corrected chi connectivity index (χ4v) is 4.03. The summed E-state index contributed by atoms with van der Waals surface area (Å²) in [5.41, 5.74) is -7.14. The molecule has 0 radical (unpaired) electrons. The Morgan fingerprint density at radius 3 is 2.34 bits per heavy atom. The number of rotatable bonds is 6. The van der Waals surface area contributed by atoms with Crippen molar-refractivity contribution in [2.75, 3.05) is 6.61 Å². The number of hydrogen-bond donors (Lipinski definition) is 4. The van der Waals surface area contributed by atoms with Crippen LogP contribution in [0.5, 0.6) is 5.75 Å². The van der Waals surface area contributed by atoms with Gasteiger partial charge in [0.2, 0.25) is 11.3 Å². The molecule has 1 saturated heterocycles. The fraction of sp³-hybridized carbons (Fsp3) is 0.208. The Balaban J connectivity index is 1.79. The molecule has 0 unspecified atom stereocenters. The molecule has 0 bridgehead atoms. The van der Waals surface area contributed by atoms with Crippen molar-refractivity contribution in [3.8, 4) is 17.1 Å². The number of halogens is 4. The molecule has 1 aliphatic rings. The van der Waals surface area contributed by atoms with Crippen molar-refractivity contribution in [1.82, 2.24) is 10.6 Å². The average molecular weight is 509 g/mol. The lowest BCUT2D eigenvalue weighted by atomic mass is 9.75. The van der Waals surface area contributed by atoms with Crippen LogP contribution in [0.2, 0.25) is 5.02 Å². The lowest BCUT2D eigenvalue weighted by molar-refractivity contribution is -0.344. The van der Waals surface area contributed by atoms with Crippen LogP contribution in [-0.4, -0.2) is 34.6 Å². The van der Waals surface area contributed by atoms with Gasteiger partial charge in [-0.05, 0) is 48.5 Å². The van der Waals surface area contributed by atoms with E-state index < -0.39 is 40.9 Å². The molecule has 2 aromatic carbocycles. The monoisotopic (exact) mass is 508 g/mol. The quantitative estimate of drug-likeness (QED) is 0.363. The van der Waals surface area contributed by atoms with Gasteiger partial charge in [-0.1, -0.05) is 36.4 Å². The van der Waals surface area contributed by atoms with Crippen LogP contribution in [0, 0.1) is 0 Å². The first-order valence-corrected chi connectivity index (χ1v) is 10.7. The average Bonchev–Trinajstić information content (AvgIpc) is 3.30. The van der Waals surface area contributed by atoms with Crippen LogP contribution in [0.15, 0.2) is 77.7 Å². The molecule has 1 fully saturated rings. The van der Waals surface area contributed by atoms with Gasteiger partial charge in [-0.25, -0.2) is 4.79 Å². The third-order valence-corrected chi connectivity index (χ3v) is 5.90. The number of amides is 2. The summed E-state index contributed by atoms with van der Waals surface area (Å²) in [5, 5.41) is 26.7. The van der Waals surface area contributed by atoms with E-state index in [2.05, 4.69) is 6.58 Å². The fourth-order valence-electron chi connectivity index (χ4n) is 3.90. The van der Waals surface area contributed by atoms with Crippen molar-refractivity contribution in [2.24, 2.45) is 0 Å². The van der Waals surface area contributed by atoms with E-state index in [1.807, 2.05) is 10.6 Å². The maximum absolute atomic E-state index is 14.5. The molecule has 4 N–H and O–H groups in total.